The van der Waals surface area contributed by atoms with Crippen LogP contribution in [0.2, 0.25) is 0 Å². The first kappa shape index (κ1) is 13.1. The molecule has 19 heavy (non-hydrogen) atoms. The highest BCUT2D eigenvalue weighted by Crippen LogP contribution is 2.33. The van der Waals surface area contributed by atoms with E-state index in [-0.39, 0.29) is 5.56 Å². The van der Waals surface area contributed by atoms with Crippen LogP contribution in [0.1, 0.15) is 17.3 Å². The van der Waals surface area contributed by atoms with Gasteiger partial charge in [-0.3, -0.25) is 0 Å². The van der Waals surface area contributed by atoms with E-state index in [9.17, 15) is 9.18 Å². The molecule has 4 heteroatoms. The summed E-state index contributed by atoms with van der Waals surface area (Å²) in [6, 6.07) is 11.2. The third-order valence-corrected chi connectivity index (χ3v) is 2.70. The molecule has 3 nitrogen and oxygen atoms in total. The maximum absolute atomic E-state index is 13.7. The van der Waals surface area contributed by atoms with Crippen LogP contribution in [0.15, 0.2) is 42.5 Å². The molecule has 0 aromatic heterocycles. The van der Waals surface area contributed by atoms with Crippen molar-refractivity contribution in [3.05, 3.63) is 53.8 Å². The zero-order chi connectivity index (χ0) is 13.8. The van der Waals surface area contributed by atoms with E-state index in [2.05, 4.69) is 0 Å². The number of benzene rings is 2. The third-order valence-electron chi connectivity index (χ3n) is 2.70. The second-order valence-electron chi connectivity index (χ2n) is 3.90. The molecule has 0 radical (unpaired) electrons. The van der Waals surface area contributed by atoms with E-state index in [0.717, 1.165) is 6.07 Å². The van der Waals surface area contributed by atoms with Crippen LogP contribution < -0.4 is 4.74 Å². The number of hydrogen-bond donors (Lipinski definition) is 1. The van der Waals surface area contributed by atoms with Crippen molar-refractivity contribution in [1.29, 1.82) is 0 Å². The Balaban J connectivity index is 2.65. The lowest BCUT2D eigenvalue weighted by Crippen LogP contribution is -2.04. The lowest BCUT2D eigenvalue weighted by molar-refractivity contribution is 0.0693. The van der Waals surface area contributed by atoms with Crippen molar-refractivity contribution in [2.45, 2.75) is 6.92 Å². The van der Waals surface area contributed by atoms with E-state index < -0.39 is 11.8 Å². The third kappa shape index (κ3) is 2.57. The van der Waals surface area contributed by atoms with Gasteiger partial charge in [0, 0.05) is 11.1 Å². The fourth-order valence-corrected chi connectivity index (χ4v) is 1.94. The molecule has 0 fully saturated rings. The topological polar surface area (TPSA) is 46.5 Å². The molecule has 1 N–H and O–H groups in total. The second-order valence-corrected chi connectivity index (χ2v) is 3.90. The number of aromatic carboxylic acids is 1. The maximum atomic E-state index is 13.7. The Morgan fingerprint density at radius 2 is 1.84 bits per heavy atom. The summed E-state index contributed by atoms with van der Waals surface area (Å²) in [6.45, 7) is 2.29. The fraction of sp³-hybridized carbons (Fsp3) is 0.133. The highest BCUT2D eigenvalue weighted by atomic mass is 19.1. The molecule has 0 atom stereocenters. The second kappa shape index (κ2) is 5.52. The van der Waals surface area contributed by atoms with Crippen molar-refractivity contribution >= 4 is 5.97 Å². The minimum atomic E-state index is -1.29. The molecule has 0 amide bonds. The summed E-state index contributed by atoms with van der Waals surface area (Å²) in [5.74, 6) is -1.51. The Hall–Kier alpha value is -2.36. The van der Waals surface area contributed by atoms with Crippen LogP contribution >= 0.6 is 0 Å². The van der Waals surface area contributed by atoms with Gasteiger partial charge < -0.3 is 9.84 Å². The molecule has 0 saturated carbocycles. The predicted molar refractivity (Wildman–Crippen MR) is 70.0 cm³/mol. The zero-order valence-corrected chi connectivity index (χ0v) is 10.4. The summed E-state index contributed by atoms with van der Waals surface area (Å²) in [6.07, 6.45) is 0. The van der Waals surface area contributed by atoms with Crippen LogP contribution in [-0.2, 0) is 0 Å². The lowest BCUT2D eigenvalue weighted by Gasteiger charge is -2.12. The number of rotatable bonds is 4. The van der Waals surface area contributed by atoms with Gasteiger partial charge in [-0.15, -0.1) is 0 Å². The van der Waals surface area contributed by atoms with Gasteiger partial charge in [0.2, 0.25) is 0 Å². The predicted octanol–water partition coefficient (Wildman–Crippen LogP) is 3.59. The van der Waals surface area contributed by atoms with Crippen molar-refractivity contribution < 1.29 is 19.0 Å². The van der Waals surface area contributed by atoms with Gasteiger partial charge in [-0.2, -0.15) is 0 Å². The molecule has 0 saturated heterocycles. The zero-order valence-electron chi connectivity index (χ0n) is 10.4. The molecule has 0 bridgehead atoms. The number of hydrogen-bond acceptors (Lipinski definition) is 2. The number of carbonyl (C=O) groups is 1. The van der Waals surface area contributed by atoms with Gasteiger partial charge in [0.25, 0.3) is 0 Å². The average molecular weight is 260 g/mol. The SMILES string of the molecule is CCOc1ccccc1-c1cccc(F)c1C(=O)O. The van der Waals surface area contributed by atoms with E-state index >= 15 is 0 Å². The summed E-state index contributed by atoms with van der Waals surface area (Å²) in [5, 5.41) is 9.15. The summed E-state index contributed by atoms with van der Waals surface area (Å²) >= 11 is 0. The highest BCUT2D eigenvalue weighted by molar-refractivity contribution is 5.97. The summed E-state index contributed by atoms with van der Waals surface area (Å²) in [7, 11) is 0. The molecule has 0 aliphatic carbocycles. The molecule has 2 rings (SSSR count). The largest absolute Gasteiger partial charge is 0.493 e. The van der Waals surface area contributed by atoms with E-state index in [0.29, 0.717) is 23.5 Å². The first-order valence-electron chi connectivity index (χ1n) is 5.89. The Bertz CT molecular complexity index is 608. The van der Waals surface area contributed by atoms with Gasteiger partial charge in [0.1, 0.15) is 17.1 Å². The van der Waals surface area contributed by atoms with Gasteiger partial charge >= 0.3 is 5.97 Å². The Kier molecular flexibility index (Phi) is 3.80. The minimum Gasteiger partial charge on any atom is -0.493 e. The first-order chi connectivity index (χ1) is 9.15. The molecule has 2 aromatic carbocycles. The van der Waals surface area contributed by atoms with E-state index in [4.69, 9.17) is 9.84 Å². The van der Waals surface area contributed by atoms with Crippen molar-refractivity contribution in [3.63, 3.8) is 0 Å². The molecule has 2 aromatic rings. The van der Waals surface area contributed by atoms with E-state index in [1.54, 1.807) is 30.3 Å². The number of ether oxygens (including phenoxy) is 1. The quantitative estimate of drug-likeness (QED) is 0.913. The molecule has 0 spiro atoms. The Morgan fingerprint density at radius 3 is 2.53 bits per heavy atom. The number of carboxylic acids is 1. The maximum Gasteiger partial charge on any atom is 0.339 e. The van der Waals surface area contributed by atoms with Crippen LogP contribution in [0.25, 0.3) is 11.1 Å². The van der Waals surface area contributed by atoms with Crippen molar-refractivity contribution in [2.24, 2.45) is 0 Å². The van der Waals surface area contributed by atoms with Gasteiger partial charge in [0.05, 0.1) is 6.61 Å². The van der Waals surface area contributed by atoms with Gasteiger partial charge in [-0.25, -0.2) is 9.18 Å². The number of halogens is 1. The molecule has 98 valence electrons. The fourth-order valence-electron chi connectivity index (χ4n) is 1.94. The highest BCUT2D eigenvalue weighted by Gasteiger charge is 2.18. The van der Waals surface area contributed by atoms with Gasteiger partial charge in [-0.05, 0) is 19.1 Å². The van der Waals surface area contributed by atoms with Crippen LogP contribution in [0.4, 0.5) is 4.39 Å². The molecular formula is C15H13FO3. The molecule has 0 unspecified atom stereocenters. The smallest absolute Gasteiger partial charge is 0.339 e. The van der Waals surface area contributed by atoms with Crippen LogP contribution in [-0.4, -0.2) is 17.7 Å². The standard InChI is InChI=1S/C15H13FO3/c1-2-19-13-9-4-3-6-10(13)11-7-5-8-12(16)14(11)15(17)18/h3-9H,2H2,1H3,(H,17,18). The van der Waals surface area contributed by atoms with Gasteiger partial charge in [0.15, 0.2) is 0 Å². The summed E-state index contributed by atoms with van der Waals surface area (Å²) in [5.41, 5.74) is 0.549. The van der Waals surface area contributed by atoms with E-state index in [1.165, 1.54) is 6.07 Å². The molecule has 0 aliphatic heterocycles. The van der Waals surface area contributed by atoms with Crippen molar-refractivity contribution in [2.75, 3.05) is 6.61 Å². The molecule has 0 aliphatic rings. The van der Waals surface area contributed by atoms with Crippen molar-refractivity contribution in [3.8, 4) is 16.9 Å². The van der Waals surface area contributed by atoms with Crippen LogP contribution in [0.3, 0.4) is 0 Å². The number of carboxylic acid groups (broad SMARTS) is 1. The summed E-state index contributed by atoms with van der Waals surface area (Å²) in [4.78, 5) is 11.2. The Morgan fingerprint density at radius 1 is 1.16 bits per heavy atom. The normalized spacial score (nSPS) is 10.2. The molecule has 0 heterocycles. The first-order valence-corrected chi connectivity index (χ1v) is 5.89. The molecular weight excluding hydrogens is 247 g/mol. The average Bonchev–Trinajstić information content (AvgIpc) is 2.39. The monoisotopic (exact) mass is 260 g/mol. The van der Waals surface area contributed by atoms with Crippen LogP contribution in [0, 0.1) is 5.82 Å². The van der Waals surface area contributed by atoms with Gasteiger partial charge in [-0.1, -0.05) is 30.3 Å². The lowest BCUT2D eigenvalue weighted by atomic mass is 9.98. The van der Waals surface area contributed by atoms with Crippen molar-refractivity contribution in [1.82, 2.24) is 0 Å². The van der Waals surface area contributed by atoms with Crippen LogP contribution in [0.5, 0.6) is 5.75 Å². The number of para-hydroxylation sites is 1. The van der Waals surface area contributed by atoms with E-state index in [1.807, 2.05) is 6.92 Å². The minimum absolute atomic E-state index is 0.316. The Labute approximate surface area is 110 Å². The summed E-state index contributed by atoms with van der Waals surface area (Å²) < 4.78 is 19.1.